The van der Waals surface area contributed by atoms with Crippen LogP contribution in [0.5, 0.6) is 0 Å². The van der Waals surface area contributed by atoms with Crippen LogP contribution in [0.15, 0.2) is 53.8 Å². The molecule has 3 aromatic heterocycles. The van der Waals surface area contributed by atoms with Crippen LogP contribution in [0, 0.1) is 18.2 Å². The molecule has 1 fully saturated rings. The highest BCUT2D eigenvalue weighted by Crippen LogP contribution is 2.33. The number of aromatic nitrogens is 4. The molecule has 1 saturated heterocycles. The van der Waals surface area contributed by atoms with Gasteiger partial charge in [-0.2, -0.15) is 0 Å². The van der Waals surface area contributed by atoms with Crippen molar-refractivity contribution in [2.75, 3.05) is 11.9 Å². The first kappa shape index (κ1) is 24.9. The van der Waals surface area contributed by atoms with Crippen molar-refractivity contribution in [1.82, 2.24) is 23.8 Å². The van der Waals surface area contributed by atoms with E-state index >= 15 is 0 Å². The number of rotatable bonds is 5. The second-order valence-corrected chi connectivity index (χ2v) is 11.1. The molecule has 4 heterocycles. The standard InChI is InChI=1S/C24H24ClFN8O2S/c1-14-5-7-16(8-6-14)37(35,36)34-13-18(17-10-15(25)11-30-23(17)34)21-29-12-19(26)22(32-21)31-20-4-2-3-9-33(20)24(27)28/h5-8,10-13,20H,2-4,9H2,1H3,(H3,27,28)(H,29,31,32). The average Bonchev–Trinajstić information content (AvgIpc) is 3.25. The number of nitrogens with one attached hydrogen (secondary N) is 2. The largest absolute Gasteiger partial charge is 0.370 e. The van der Waals surface area contributed by atoms with Crippen LogP contribution in [-0.2, 0) is 10.0 Å². The van der Waals surface area contributed by atoms with Crippen molar-refractivity contribution in [1.29, 1.82) is 5.41 Å². The molecule has 1 aliphatic heterocycles. The van der Waals surface area contributed by atoms with Gasteiger partial charge >= 0.3 is 0 Å². The van der Waals surface area contributed by atoms with E-state index in [0.717, 1.165) is 28.6 Å². The lowest BCUT2D eigenvalue weighted by Gasteiger charge is -2.36. The van der Waals surface area contributed by atoms with Crippen LogP contribution in [-0.4, -0.2) is 50.9 Å². The van der Waals surface area contributed by atoms with Crippen molar-refractivity contribution in [3.63, 3.8) is 0 Å². The molecule has 37 heavy (non-hydrogen) atoms. The number of hydrogen-bond donors (Lipinski definition) is 3. The molecular weight excluding hydrogens is 519 g/mol. The van der Waals surface area contributed by atoms with Gasteiger partial charge in [0.2, 0.25) is 0 Å². The Bertz CT molecular complexity index is 1610. The van der Waals surface area contributed by atoms with Crippen molar-refractivity contribution in [3.8, 4) is 11.4 Å². The van der Waals surface area contributed by atoms with E-state index in [0.29, 0.717) is 28.9 Å². The summed E-state index contributed by atoms with van der Waals surface area (Å²) in [5.41, 5.74) is 7.08. The summed E-state index contributed by atoms with van der Waals surface area (Å²) in [4.78, 5) is 14.5. The number of benzene rings is 1. The van der Waals surface area contributed by atoms with Crippen LogP contribution in [0.2, 0.25) is 5.02 Å². The van der Waals surface area contributed by atoms with Crippen molar-refractivity contribution in [3.05, 3.63) is 65.3 Å². The first-order valence-electron chi connectivity index (χ1n) is 11.5. The van der Waals surface area contributed by atoms with Gasteiger partial charge in [-0.05, 0) is 44.4 Å². The topological polar surface area (TPSA) is 143 Å². The lowest BCUT2D eigenvalue weighted by atomic mass is 10.1. The van der Waals surface area contributed by atoms with E-state index in [1.807, 2.05) is 6.92 Å². The van der Waals surface area contributed by atoms with E-state index in [1.165, 1.54) is 24.5 Å². The molecule has 0 saturated carbocycles. The predicted molar refractivity (Wildman–Crippen MR) is 139 cm³/mol. The number of piperidine rings is 1. The Morgan fingerprint density at radius 1 is 1.22 bits per heavy atom. The van der Waals surface area contributed by atoms with E-state index < -0.39 is 22.0 Å². The maximum absolute atomic E-state index is 14.8. The van der Waals surface area contributed by atoms with Gasteiger partial charge in [0.05, 0.1) is 16.1 Å². The Morgan fingerprint density at radius 2 is 1.97 bits per heavy atom. The van der Waals surface area contributed by atoms with E-state index in [1.54, 1.807) is 23.1 Å². The number of fused-ring (bicyclic) bond motifs is 1. The smallest absolute Gasteiger partial charge is 0.269 e. The zero-order valence-corrected chi connectivity index (χ0v) is 21.4. The molecule has 4 N–H and O–H groups in total. The first-order chi connectivity index (χ1) is 17.6. The number of nitrogens with zero attached hydrogens (tertiary/aromatic N) is 5. The Kier molecular flexibility index (Phi) is 6.46. The highest BCUT2D eigenvalue weighted by atomic mass is 35.5. The molecule has 5 rings (SSSR count). The molecule has 10 nitrogen and oxygen atoms in total. The van der Waals surface area contributed by atoms with Gasteiger partial charge in [0.25, 0.3) is 10.0 Å². The lowest BCUT2D eigenvalue weighted by Crippen LogP contribution is -2.50. The fourth-order valence-corrected chi connectivity index (χ4v) is 5.85. The van der Waals surface area contributed by atoms with Crippen molar-refractivity contribution >= 4 is 44.4 Å². The number of likely N-dealkylation sites (tertiary alicyclic amines) is 1. The van der Waals surface area contributed by atoms with Gasteiger partial charge < -0.3 is 16.0 Å². The van der Waals surface area contributed by atoms with Crippen molar-refractivity contribution in [2.24, 2.45) is 5.73 Å². The Balaban J connectivity index is 1.61. The van der Waals surface area contributed by atoms with Crippen LogP contribution >= 0.6 is 11.6 Å². The summed E-state index contributed by atoms with van der Waals surface area (Å²) in [5, 5.41) is 11.5. The summed E-state index contributed by atoms with van der Waals surface area (Å²) in [6.45, 7) is 2.44. The number of pyridine rings is 1. The molecule has 0 aliphatic carbocycles. The van der Waals surface area contributed by atoms with Crippen molar-refractivity contribution in [2.45, 2.75) is 37.2 Å². The minimum Gasteiger partial charge on any atom is -0.370 e. The molecule has 0 radical (unpaired) electrons. The third-order valence-corrected chi connectivity index (χ3v) is 8.13. The molecule has 1 aliphatic rings. The van der Waals surface area contributed by atoms with Crippen molar-refractivity contribution < 1.29 is 12.8 Å². The molecule has 13 heteroatoms. The number of hydrogen-bond acceptors (Lipinski definition) is 7. The first-order valence-corrected chi connectivity index (χ1v) is 13.4. The summed E-state index contributed by atoms with van der Waals surface area (Å²) in [7, 11) is -4.02. The van der Waals surface area contributed by atoms with E-state index in [4.69, 9.17) is 22.7 Å². The lowest BCUT2D eigenvalue weighted by molar-refractivity contribution is 0.260. The fraction of sp³-hybridized carbons (Fsp3) is 0.250. The molecule has 0 bridgehead atoms. The van der Waals surface area contributed by atoms with E-state index in [2.05, 4.69) is 20.3 Å². The van der Waals surface area contributed by atoms with Gasteiger partial charge in [-0.15, -0.1) is 0 Å². The third kappa shape index (κ3) is 4.69. The van der Waals surface area contributed by atoms with Gasteiger partial charge in [-0.3, -0.25) is 5.41 Å². The van der Waals surface area contributed by atoms with E-state index in [-0.39, 0.29) is 28.1 Å². The number of aryl methyl sites for hydroxylation is 1. The summed E-state index contributed by atoms with van der Waals surface area (Å²) >= 11 is 6.20. The quantitative estimate of drug-likeness (QED) is 0.254. The Morgan fingerprint density at radius 3 is 2.70 bits per heavy atom. The van der Waals surface area contributed by atoms with Gasteiger partial charge in [-0.1, -0.05) is 29.3 Å². The number of halogens is 2. The van der Waals surface area contributed by atoms with Crippen LogP contribution in [0.25, 0.3) is 22.4 Å². The maximum Gasteiger partial charge on any atom is 0.269 e. The molecule has 4 aromatic rings. The molecule has 1 aromatic carbocycles. The highest BCUT2D eigenvalue weighted by molar-refractivity contribution is 7.90. The van der Waals surface area contributed by atoms with Crippen LogP contribution in [0.1, 0.15) is 24.8 Å². The van der Waals surface area contributed by atoms with Gasteiger partial charge in [0, 0.05) is 29.9 Å². The van der Waals surface area contributed by atoms with E-state index in [9.17, 15) is 12.8 Å². The second kappa shape index (κ2) is 9.60. The zero-order valence-electron chi connectivity index (χ0n) is 19.8. The minimum atomic E-state index is -4.02. The summed E-state index contributed by atoms with van der Waals surface area (Å²) in [6.07, 6.45) is 5.72. The third-order valence-electron chi connectivity index (χ3n) is 6.26. The number of nitrogens with two attached hydrogens (primary N) is 1. The minimum absolute atomic E-state index is 0.0829. The maximum atomic E-state index is 14.8. The van der Waals surface area contributed by atoms with Crippen LogP contribution in [0.4, 0.5) is 10.2 Å². The molecule has 0 spiro atoms. The monoisotopic (exact) mass is 542 g/mol. The molecular formula is C24H24ClFN8O2S. The molecule has 0 amide bonds. The predicted octanol–water partition coefficient (Wildman–Crippen LogP) is 3.95. The van der Waals surface area contributed by atoms with Crippen LogP contribution < -0.4 is 11.1 Å². The summed E-state index contributed by atoms with van der Waals surface area (Å²) in [6, 6.07) is 8.03. The fourth-order valence-electron chi connectivity index (χ4n) is 4.36. The molecule has 1 unspecified atom stereocenters. The Labute approximate surface area is 217 Å². The SMILES string of the molecule is Cc1ccc(S(=O)(=O)n2cc(-c3ncc(F)c(NC4CCCCN4C(=N)N)n3)c3cc(Cl)cnc32)cc1. The number of anilines is 1. The normalized spacial score (nSPS) is 16.2. The average molecular weight is 543 g/mol. The van der Waals surface area contributed by atoms with Gasteiger partial charge in [-0.25, -0.2) is 31.7 Å². The zero-order chi connectivity index (χ0) is 26.3. The van der Waals surface area contributed by atoms with Gasteiger partial charge in [0.1, 0.15) is 6.17 Å². The van der Waals surface area contributed by atoms with Crippen LogP contribution in [0.3, 0.4) is 0 Å². The second-order valence-electron chi connectivity index (χ2n) is 8.81. The summed E-state index contributed by atoms with van der Waals surface area (Å²) < 4.78 is 42.8. The summed E-state index contributed by atoms with van der Waals surface area (Å²) in [5.74, 6) is -0.802. The highest BCUT2D eigenvalue weighted by Gasteiger charge is 2.27. The molecule has 192 valence electrons. The Hall–Kier alpha value is -3.77. The van der Waals surface area contributed by atoms with Gasteiger partial charge in [0.15, 0.2) is 29.1 Å². The molecule has 1 atom stereocenters. The number of guanidine groups is 1.